The number of nitrogens with zero attached hydrogens (tertiary/aromatic N) is 2. The Bertz CT molecular complexity index is 1010. The minimum Gasteiger partial charge on any atom is -0.493 e. The first-order valence-electron chi connectivity index (χ1n) is 11.1. The molecule has 0 aromatic heterocycles. The van der Waals surface area contributed by atoms with Crippen LogP contribution in [0.5, 0.6) is 34.5 Å². The molecule has 2 aromatic rings. The summed E-state index contributed by atoms with van der Waals surface area (Å²) in [6, 6.07) is 5.45. The number of benzene rings is 2. The van der Waals surface area contributed by atoms with Gasteiger partial charge in [0.05, 0.1) is 60.0 Å². The van der Waals surface area contributed by atoms with Gasteiger partial charge in [-0.3, -0.25) is 4.79 Å². The first kappa shape index (κ1) is 25.9. The lowest BCUT2D eigenvalue weighted by Crippen LogP contribution is -2.47. The average molecular weight is 489 g/mol. The molecule has 1 aliphatic rings. The third kappa shape index (κ3) is 4.17. The standard InChI is InChI=1S/C25H32N2O8/c1-13-19(15-9-11-17(30-3)24(34-7)22(15)32-5)27(26-29)20(14(2)21(13)28)16-10-12-18(31-4)25(35-8)23(16)33-6/h9-14,19-20H,1-8H3. The van der Waals surface area contributed by atoms with E-state index in [1.807, 2.05) is 0 Å². The van der Waals surface area contributed by atoms with Crippen molar-refractivity contribution in [1.29, 1.82) is 0 Å². The fraction of sp³-hybridized carbons (Fsp3) is 0.480. The Morgan fingerprint density at radius 1 is 0.629 bits per heavy atom. The van der Waals surface area contributed by atoms with Crippen molar-refractivity contribution in [2.45, 2.75) is 25.9 Å². The van der Waals surface area contributed by atoms with Gasteiger partial charge in [0.25, 0.3) is 0 Å². The number of methoxy groups -OCH3 is 6. The molecule has 0 amide bonds. The Balaban J connectivity index is 2.27. The lowest BCUT2D eigenvalue weighted by Gasteiger charge is -2.45. The first-order valence-corrected chi connectivity index (χ1v) is 11.1. The molecule has 2 aromatic carbocycles. The molecule has 1 aliphatic heterocycles. The molecule has 1 fully saturated rings. The quantitative estimate of drug-likeness (QED) is 0.476. The predicted octanol–water partition coefficient (Wildman–Crippen LogP) is 4.36. The highest BCUT2D eigenvalue weighted by Crippen LogP contribution is 2.54. The summed E-state index contributed by atoms with van der Waals surface area (Å²) in [5, 5.41) is 4.81. The number of piperidine rings is 1. The van der Waals surface area contributed by atoms with Gasteiger partial charge in [-0.15, -0.1) is 4.91 Å². The third-order valence-corrected chi connectivity index (χ3v) is 6.62. The molecule has 0 N–H and O–H groups in total. The summed E-state index contributed by atoms with van der Waals surface area (Å²) in [6.07, 6.45) is 0. The van der Waals surface area contributed by atoms with Crippen LogP contribution in [0.15, 0.2) is 29.6 Å². The fourth-order valence-corrected chi connectivity index (χ4v) is 5.00. The van der Waals surface area contributed by atoms with E-state index in [-0.39, 0.29) is 5.78 Å². The second-order valence-electron chi connectivity index (χ2n) is 8.18. The van der Waals surface area contributed by atoms with Gasteiger partial charge in [-0.25, -0.2) is 5.01 Å². The summed E-state index contributed by atoms with van der Waals surface area (Å²) < 4.78 is 33.2. The number of carbonyl (C=O) groups excluding carboxylic acids is 1. The topological polar surface area (TPSA) is 105 Å². The number of ketones is 1. The number of hydrogen-bond donors (Lipinski definition) is 0. The molecule has 4 unspecified atom stereocenters. The molecule has 0 bridgehead atoms. The molecule has 35 heavy (non-hydrogen) atoms. The summed E-state index contributed by atoms with van der Waals surface area (Å²) >= 11 is 0. The molecular weight excluding hydrogens is 456 g/mol. The average Bonchev–Trinajstić information content (AvgIpc) is 2.89. The normalized spacial score (nSPS) is 21.8. The molecule has 190 valence electrons. The maximum Gasteiger partial charge on any atom is 0.203 e. The summed E-state index contributed by atoms with van der Waals surface area (Å²) in [4.78, 5) is 26.0. The monoisotopic (exact) mass is 488 g/mol. The van der Waals surface area contributed by atoms with E-state index in [1.54, 1.807) is 38.1 Å². The largest absolute Gasteiger partial charge is 0.493 e. The van der Waals surface area contributed by atoms with Crippen LogP contribution in [-0.2, 0) is 4.79 Å². The van der Waals surface area contributed by atoms with Crippen LogP contribution in [0.4, 0.5) is 0 Å². The van der Waals surface area contributed by atoms with Crippen molar-refractivity contribution in [3.05, 3.63) is 40.3 Å². The van der Waals surface area contributed by atoms with Crippen LogP contribution in [0, 0.1) is 16.7 Å². The van der Waals surface area contributed by atoms with Crippen molar-refractivity contribution >= 4 is 5.78 Å². The van der Waals surface area contributed by atoms with Crippen molar-refractivity contribution in [2.24, 2.45) is 17.1 Å². The Kier molecular flexibility index (Phi) is 7.93. The van der Waals surface area contributed by atoms with Gasteiger partial charge in [0.15, 0.2) is 23.0 Å². The van der Waals surface area contributed by atoms with Crippen LogP contribution in [0.1, 0.15) is 37.1 Å². The number of ether oxygens (including phenoxy) is 6. The summed E-state index contributed by atoms with van der Waals surface area (Å²) in [7, 11) is 9.01. The molecule has 0 spiro atoms. The van der Waals surface area contributed by atoms with Crippen molar-refractivity contribution in [3.63, 3.8) is 0 Å². The molecule has 4 atom stereocenters. The SMILES string of the molecule is COc1ccc(C2C(C)C(=O)C(C)C(c3ccc(OC)c(OC)c3OC)N2N=O)c(OC)c1OC. The summed E-state index contributed by atoms with van der Waals surface area (Å²) in [6.45, 7) is 3.56. The number of Topliss-reactive ketones (excluding diaryl/α,β-unsaturated/α-hetero) is 1. The van der Waals surface area contributed by atoms with E-state index in [9.17, 15) is 9.70 Å². The molecule has 0 radical (unpaired) electrons. The number of hydrogen-bond acceptors (Lipinski definition) is 9. The van der Waals surface area contributed by atoms with Gasteiger partial charge in [-0.2, -0.15) is 0 Å². The lowest BCUT2D eigenvalue weighted by molar-refractivity contribution is -0.138. The number of rotatable bonds is 9. The lowest BCUT2D eigenvalue weighted by atomic mass is 9.75. The predicted molar refractivity (Wildman–Crippen MR) is 129 cm³/mol. The van der Waals surface area contributed by atoms with Crippen LogP contribution >= 0.6 is 0 Å². The van der Waals surface area contributed by atoms with Crippen LogP contribution < -0.4 is 28.4 Å². The van der Waals surface area contributed by atoms with Crippen LogP contribution in [0.2, 0.25) is 0 Å². The second kappa shape index (κ2) is 10.7. The van der Waals surface area contributed by atoms with Crippen LogP contribution in [0.3, 0.4) is 0 Å². The Morgan fingerprint density at radius 3 is 1.29 bits per heavy atom. The van der Waals surface area contributed by atoms with Gasteiger partial charge < -0.3 is 28.4 Å². The number of carbonyl (C=O) groups is 1. The molecule has 3 rings (SSSR count). The molecule has 0 aliphatic carbocycles. The molecule has 10 nitrogen and oxygen atoms in total. The van der Waals surface area contributed by atoms with E-state index >= 15 is 0 Å². The van der Waals surface area contributed by atoms with E-state index < -0.39 is 23.9 Å². The van der Waals surface area contributed by atoms with Gasteiger partial charge in [-0.1, -0.05) is 13.8 Å². The van der Waals surface area contributed by atoms with Crippen molar-refractivity contribution in [3.8, 4) is 34.5 Å². The minimum absolute atomic E-state index is 0.0337. The fourth-order valence-electron chi connectivity index (χ4n) is 5.00. The molecular formula is C25H32N2O8. The van der Waals surface area contributed by atoms with E-state index in [1.165, 1.54) is 47.7 Å². The Morgan fingerprint density at radius 2 is 1.00 bits per heavy atom. The smallest absolute Gasteiger partial charge is 0.203 e. The number of nitroso groups, excluding NO2 is 1. The van der Waals surface area contributed by atoms with Crippen LogP contribution in [-0.4, -0.2) is 53.5 Å². The van der Waals surface area contributed by atoms with E-state index in [4.69, 9.17) is 28.4 Å². The highest BCUT2D eigenvalue weighted by atomic mass is 16.5. The van der Waals surface area contributed by atoms with Crippen LogP contribution in [0.25, 0.3) is 0 Å². The highest BCUT2D eigenvalue weighted by Gasteiger charge is 2.49. The highest BCUT2D eigenvalue weighted by molar-refractivity contribution is 5.86. The van der Waals surface area contributed by atoms with E-state index in [2.05, 4.69) is 5.29 Å². The van der Waals surface area contributed by atoms with Gasteiger partial charge in [0.2, 0.25) is 11.5 Å². The Hall–Kier alpha value is -3.69. The van der Waals surface area contributed by atoms with Crippen molar-refractivity contribution < 1.29 is 33.2 Å². The maximum absolute atomic E-state index is 13.5. The summed E-state index contributed by atoms with van der Waals surface area (Å²) in [5.74, 6) is 1.17. The van der Waals surface area contributed by atoms with Crippen molar-refractivity contribution in [1.82, 2.24) is 5.01 Å². The van der Waals surface area contributed by atoms with Gasteiger partial charge in [-0.05, 0) is 24.3 Å². The molecule has 1 saturated heterocycles. The Labute approximate surface area is 204 Å². The first-order chi connectivity index (χ1) is 16.8. The maximum atomic E-state index is 13.5. The minimum atomic E-state index is -0.742. The zero-order valence-electron chi connectivity index (χ0n) is 21.3. The van der Waals surface area contributed by atoms with E-state index in [0.717, 1.165) is 0 Å². The van der Waals surface area contributed by atoms with Crippen molar-refractivity contribution in [2.75, 3.05) is 42.7 Å². The van der Waals surface area contributed by atoms with E-state index in [0.29, 0.717) is 45.6 Å². The molecule has 0 saturated carbocycles. The summed E-state index contributed by atoms with van der Waals surface area (Å²) in [5.41, 5.74) is 1.14. The van der Waals surface area contributed by atoms with Gasteiger partial charge in [0.1, 0.15) is 5.78 Å². The zero-order chi connectivity index (χ0) is 25.9. The third-order valence-electron chi connectivity index (χ3n) is 6.62. The van der Waals surface area contributed by atoms with Gasteiger partial charge in [0, 0.05) is 23.0 Å². The molecule has 10 heteroatoms. The zero-order valence-corrected chi connectivity index (χ0v) is 21.3. The van der Waals surface area contributed by atoms with Gasteiger partial charge >= 0.3 is 0 Å². The molecule has 1 heterocycles. The second-order valence-corrected chi connectivity index (χ2v) is 8.18.